The van der Waals surface area contributed by atoms with Crippen LogP contribution in [0.5, 0.6) is 0 Å². The molecular weight excluding hydrogens is 246 g/mol. The number of nitrogens with zero attached hydrogens (tertiary/aromatic N) is 2. The summed E-state index contributed by atoms with van der Waals surface area (Å²) in [4.78, 5) is 27.6. The summed E-state index contributed by atoms with van der Waals surface area (Å²) < 4.78 is 3.26. The van der Waals surface area contributed by atoms with Crippen LogP contribution >= 0.6 is 11.8 Å². The zero-order valence-electron chi connectivity index (χ0n) is 10.1. The summed E-state index contributed by atoms with van der Waals surface area (Å²) in [5.41, 5.74) is 0. The molecule has 0 bridgehead atoms. The molecule has 0 fully saturated rings. The average Bonchev–Trinajstić information content (AvgIpc) is 2.34. The first-order chi connectivity index (χ1) is 7.91. The summed E-state index contributed by atoms with van der Waals surface area (Å²) >= 11 is 0.747. The van der Waals surface area contributed by atoms with Crippen molar-refractivity contribution in [1.82, 2.24) is 10.4 Å². The summed E-state index contributed by atoms with van der Waals surface area (Å²) in [5, 5.41) is 13.9. The van der Waals surface area contributed by atoms with Crippen LogP contribution in [0.15, 0.2) is 0 Å². The van der Waals surface area contributed by atoms with E-state index in [1.807, 2.05) is 5.40 Å². The largest absolute Gasteiger partial charge is 0.453 e. The molecule has 0 aromatic rings. The van der Waals surface area contributed by atoms with E-state index in [-0.39, 0.29) is 6.54 Å². The van der Waals surface area contributed by atoms with Gasteiger partial charge in [0, 0.05) is 13.6 Å². The van der Waals surface area contributed by atoms with Crippen LogP contribution in [-0.4, -0.2) is 49.6 Å². The average molecular weight is 261 g/mol. The second kappa shape index (κ2) is 6.98. The van der Waals surface area contributed by atoms with Crippen molar-refractivity contribution in [3.8, 4) is 5.40 Å². The minimum atomic E-state index is -1.13. The fraction of sp³-hybridized carbons (Fsp3) is 0.667. The Morgan fingerprint density at radius 1 is 1.53 bits per heavy atom. The second-order valence-electron chi connectivity index (χ2n) is 3.25. The molecule has 0 radical (unpaired) electrons. The number of carbonyl (C=O) groups excluding carboxylic acids is 2. The summed E-state index contributed by atoms with van der Waals surface area (Å²) in [6.45, 7) is 1.50. The first-order valence-corrected chi connectivity index (χ1v) is 5.44. The van der Waals surface area contributed by atoms with Crippen molar-refractivity contribution >= 4 is 23.8 Å². The normalized spacial score (nSPS) is 13.1. The van der Waals surface area contributed by atoms with Crippen LogP contribution in [0.25, 0.3) is 0 Å². The molecule has 8 heteroatoms. The van der Waals surface area contributed by atoms with Gasteiger partial charge in [-0.1, -0.05) is 0 Å². The Hall–Kier alpha value is -1.46. The van der Waals surface area contributed by atoms with Crippen LogP contribution in [0.3, 0.4) is 0 Å². The molecule has 1 N–H and O–H groups in total. The summed E-state index contributed by atoms with van der Waals surface area (Å²) in [5.74, 6) is -0.428. The number of hydroxylamine groups is 2. The third-order valence-corrected chi connectivity index (χ3v) is 2.90. The number of hydrogen-bond donors (Lipinski definition) is 1. The molecule has 0 unspecified atom stereocenters. The predicted octanol–water partition coefficient (Wildman–Crippen LogP) is 0.335. The highest BCUT2D eigenvalue weighted by Crippen LogP contribution is 2.25. The van der Waals surface area contributed by atoms with Gasteiger partial charge in [-0.2, -0.15) is 5.26 Å². The predicted molar refractivity (Wildman–Crippen MR) is 61.8 cm³/mol. The lowest BCUT2D eigenvalue weighted by molar-refractivity contribution is -0.170. The maximum atomic E-state index is 11.9. The third kappa shape index (κ3) is 4.50. The molecule has 0 aromatic carbocycles. The van der Waals surface area contributed by atoms with Gasteiger partial charge in [-0.05, 0) is 18.7 Å². The molecule has 0 saturated heterocycles. The molecule has 0 spiro atoms. The van der Waals surface area contributed by atoms with Crippen molar-refractivity contribution < 1.29 is 19.2 Å². The number of thiocyanates is 1. The van der Waals surface area contributed by atoms with E-state index in [0.717, 1.165) is 16.8 Å². The van der Waals surface area contributed by atoms with Crippen molar-refractivity contribution in [2.24, 2.45) is 0 Å². The quantitative estimate of drug-likeness (QED) is 0.566. The minimum absolute atomic E-state index is 0.0373. The summed E-state index contributed by atoms with van der Waals surface area (Å²) in [6, 6.07) is 0. The highest BCUT2D eigenvalue weighted by atomic mass is 32.2. The topological polar surface area (TPSA) is 91.7 Å². The number of nitrogens with one attached hydrogen (secondary N) is 1. The molecule has 7 nitrogen and oxygen atoms in total. The third-order valence-electron chi connectivity index (χ3n) is 2.04. The Labute approximate surface area is 104 Å². The molecule has 0 aliphatic rings. The van der Waals surface area contributed by atoms with Crippen molar-refractivity contribution in [1.29, 1.82) is 5.26 Å². The van der Waals surface area contributed by atoms with Crippen LogP contribution in [0.1, 0.15) is 6.92 Å². The number of hydrogen-bond acceptors (Lipinski definition) is 6. The van der Waals surface area contributed by atoms with E-state index in [0.29, 0.717) is 0 Å². The number of ether oxygens (including phenoxy) is 1. The molecule has 0 aliphatic carbocycles. The van der Waals surface area contributed by atoms with E-state index in [4.69, 9.17) is 10.1 Å². The van der Waals surface area contributed by atoms with Gasteiger partial charge in [-0.3, -0.25) is 9.63 Å². The molecule has 0 rings (SSSR count). The maximum Gasteiger partial charge on any atom is 0.406 e. The molecule has 1 atom stereocenters. The number of nitriles is 1. The van der Waals surface area contributed by atoms with Gasteiger partial charge in [0.25, 0.3) is 5.91 Å². The molecule has 0 aromatic heterocycles. The highest BCUT2D eigenvalue weighted by Gasteiger charge is 2.37. The Morgan fingerprint density at radius 3 is 2.53 bits per heavy atom. The van der Waals surface area contributed by atoms with Crippen molar-refractivity contribution in [2.45, 2.75) is 11.7 Å². The number of alkyl carbamates (subject to hydrolysis) is 1. The first kappa shape index (κ1) is 15.5. The van der Waals surface area contributed by atoms with Crippen LogP contribution in [-0.2, 0) is 14.4 Å². The zero-order valence-corrected chi connectivity index (χ0v) is 11.0. The second-order valence-corrected chi connectivity index (χ2v) is 4.54. The monoisotopic (exact) mass is 261 g/mol. The van der Waals surface area contributed by atoms with Crippen LogP contribution in [0, 0.1) is 10.7 Å². The van der Waals surface area contributed by atoms with Gasteiger partial charge in [0.15, 0.2) is 0 Å². The fourth-order valence-electron chi connectivity index (χ4n) is 0.985. The van der Waals surface area contributed by atoms with Gasteiger partial charge in [0.1, 0.15) is 10.1 Å². The Kier molecular flexibility index (Phi) is 6.38. The Morgan fingerprint density at radius 2 is 2.12 bits per heavy atom. The summed E-state index contributed by atoms with van der Waals surface area (Å²) in [6.07, 6.45) is -0.664. The molecule has 96 valence electrons. The van der Waals surface area contributed by atoms with Crippen molar-refractivity contribution in [2.75, 3.05) is 27.8 Å². The Bertz CT molecular complexity index is 331. The fourth-order valence-corrected chi connectivity index (χ4v) is 1.55. The molecule has 0 heterocycles. The van der Waals surface area contributed by atoms with Crippen LogP contribution in [0.2, 0.25) is 0 Å². The molecule has 2 amide bonds. The van der Waals surface area contributed by atoms with E-state index in [2.05, 4.69) is 10.1 Å². The molecule has 0 saturated carbocycles. The van der Waals surface area contributed by atoms with Gasteiger partial charge in [-0.15, -0.1) is 0 Å². The SMILES string of the molecule is COC(=O)NC[C@](C)(SC#N)C(=O)N(C)OC. The first-order valence-electron chi connectivity index (χ1n) is 4.62. The van der Waals surface area contributed by atoms with Crippen LogP contribution in [0.4, 0.5) is 4.79 Å². The highest BCUT2D eigenvalue weighted by molar-refractivity contribution is 8.05. The van der Waals surface area contributed by atoms with E-state index >= 15 is 0 Å². The number of amides is 2. The number of thioether (sulfide) groups is 1. The van der Waals surface area contributed by atoms with E-state index in [1.54, 1.807) is 0 Å². The molecule has 17 heavy (non-hydrogen) atoms. The lowest BCUT2D eigenvalue weighted by atomic mass is 10.1. The standard InChI is InChI=1S/C9H15N3O4S/c1-9(17-6-10,5-11-8(14)15-3)7(13)12(2)16-4/h5H2,1-4H3,(H,11,14)/t9-/m0/s1. The van der Waals surface area contributed by atoms with Crippen LogP contribution < -0.4 is 5.32 Å². The van der Waals surface area contributed by atoms with Crippen molar-refractivity contribution in [3.05, 3.63) is 0 Å². The number of methoxy groups -OCH3 is 1. The smallest absolute Gasteiger partial charge is 0.406 e. The van der Waals surface area contributed by atoms with Gasteiger partial charge in [0.05, 0.1) is 14.2 Å². The minimum Gasteiger partial charge on any atom is -0.453 e. The van der Waals surface area contributed by atoms with Gasteiger partial charge < -0.3 is 10.1 Å². The van der Waals surface area contributed by atoms with Crippen molar-refractivity contribution in [3.63, 3.8) is 0 Å². The molecular formula is C9H15N3O4S. The summed E-state index contributed by atoms with van der Waals surface area (Å²) in [7, 11) is 3.98. The van der Waals surface area contributed by atoms with Gasteiger partial charge >= 0.3 is 6.09 Å². The Balaban J connectivity index is 4.73. The van der Waals surface area contributed by atoms with E-state index in [1.165, 1.54) is 28.2 Å². The lowest BCUT2D eigenvalue weighted by Crippen LogP contribution is -2.49. The molecule has 0 aliphatic heterocycles. The van der Waals surface area contributed by atoms with Gasteiger partial charge in [0.2, 0.25) is 0 Å². The van der Waals surface area contributed by atoms with E-state index in [9.17, 15) is 9.59 Å². The number of carbonyl (C=O) groups is 2. The van der Waals surface area contributed by atoms with Gasteiger partial charge in [-0.25, -0.2) is 9.86 Å². The van der Waals surface area contributed by atoms with E-state index < -0.39 is 16.7 Å². The zero-order chi connectivity index (χ0) is 13.5. The number of rotatable bonds is 5. The maximum absolute atomic E-state index is 11.9. The lowest BCUT2D eigenvalue weighted by Gasteiger charge is -2.28.